The summed E-state index contributed by atoms with van der Waals surface area (Å²) in [7, 11) is 0. The summed E-state index contributed by atoms with van der Waals surface area (Å²) in [6, 6.07) is 29.7. The Hall–Kier alpha value is -2.66. The van der Waals surface area contributed by atoms with Crippen LogP contribution in [0.15, 0.2) is 84.9 Å². The molecule has 2 fully saturated rings. The lowest BCUT2D eigenvalue weighted by molar-refractivity contribution is -0.139. The lowest BCUT2D eigenvalue weighted by Gasteiger charge is -2.42. The van der Waals surface area contributed by atoms with E-state index in [9.17, 15) is 4.79 Å². The number of hydrogen-bond acceptors (Lipinski definition) is 3. The number of rotatable bonds is 6. The molecule has 5 rings (SSSR count). The highest BCUT2D eigenvalue weighted by Crippen LogP contribution is 2.30. The summed E-state index contributed by atoms with van der Waals surface area (Å²) in [5.41, 5.74) is 3.83. The predicted octanol–water partition coefficient (Wildman–Crippen LogP) is 5.49. The summed E-state index contributed by atoms with van der Waals surface area (Å²) >= 11 is 6.17. The number of halogens is 1. The third-order valence-corrected chi connectivity index (χ3v) is 7.61. The zero-order valence-electron chi connectivity index (χ0n) is 20.2. The predicted molar refractivity (Wildman–Crippen MR) is 142 cm³/mol. The zero-order chi connectivity index (χ0) is 24.0. The maximum Gasteiger partial charge on any atom is 0.227 e. The molecule has 2 heterocycles. The van der Waals surface area contributed by atoms with Crippen LogP contribution in [-0.4, -0.2) is 59.9 Å². The molecule has 2 aliphatic heterocycles. The summed E-state index contributed by atoms with van der Waals surface area (Å²) < 4.78 is 0. The van der Waals surface area contributed by atoms with E-state index >= 15 is 0 Å². The van der Waals surface area contributed by atoms with E-state index < -0.39 is 0 Å². The van der Waals surface area contributed by atoms with Crippen LogP contribution in [0.4, 0.5) is 0 Å². The van der Waals surface area contributed by atoms with Gasteiger partial charge in [0.1, 0.15) is 0 Å². The van der Waals surface area contributed by atoms with Gasteiger partial charge in [0.15, 0.2) is 0 Å². The number of piperidine rings is 1. The van der Waals surface area contributed by atoms with Gasteiger partial charge in [-0.2, -0.15) is 0 Å². The summed E-state index contributed by atoms with van der Waals surface area (Å²) in [4.78, 5) is 20.5. The van der Waals surface area contributed by atoms with Gasteiger partial charge in [0, 0.05) is 44.3 Å². The molecule has 0 bridgehead atoms. The number of likely N-dealkylation sites (tertiary alicyclic amines) is 1. The van der Waals surface area contributed by atoms with Crippen LogP contribution < -0.4 is 0 Å². The second kappa shape index (κ2) is 11.4. The first-order valence-electron chi connectivity index (χ1n) is 12.8. The first-order valence-corrected chi connectivity index (χ1v) is 13.1. The van der Waals surface area contributed by atoms with Crippen LogP contribution in [0.3, 0.4) is 0 Å². The lowest BCUT2D eigenvalue weighted by atomic mass is 9.94. The molecule has 1 amide bonds. The second-order valence-electron chi connectivity index (χ2n) is 9.79. The van der Waals surface area contributed by atoms with Crippen molar-refractivity contribution in [2.24, 2.45) is 5.92 Å². The molecule has 0 spiro atoms. The van der Waals surface area contributed by atoms with Crippen LogP contribution in [0.1, 0.15) is 35.6 Å². The molecule has 1 unspecified atom stereocenters. The molecule has 4 nitrogen and oxygen atoms in total. The van der Waals surface area contributed by atoms with Crippen molar-refractivity contribution >= 4 is 17.5 Å². The molecule has 182 valence electrons. The van der Waals surface area contributed by atoms with Crippen LogP contribution in [0.2, 0.25) is 5.02 Å². The van der Waals surface area contributed by atoms with E-state index in [0.29, 0.717) is 5.91 Å². The van der Waals surface area contributed by atoms with Crippen LogP contribution in [0.25, 0.3) is 0 Å². The monoisotopic (exact) mass is 487 g/mol. The fourth-order valence-corrected chi connectivity index (χ4v) is 5.85. The fraction of sp³-hybridized carbons (Fsp3) is 0.367. The van der Waals surface area contributed by atoms with Crippen molar-refractivity contribution in [2.75, 3.05) is 39.3 Å². The third-order valence-electron chi connectivity index (χ3n) is 7.37. The van der Waals surface area contributed by atoms with Gasteiger partial charge in [-0.25, -0.2) is 0 Å². The molecule has 2 saturated heterocycles. The Labute approximate surface area is 214 Å². The standard InChI is InChI=1S/C30H34ClN3O/c31-28-15-7-9-24(21-28)22-32-16-8-14-27(23-32)30(35)34-19-17-33(18-20-34)29(25-10-3-1-4-11-25)26-12-5-2-6-13-26/h1-7,9-13,15,21,27,29H,8,14,16-20,22-23H2. The first-order chi connectivity index (χ1) is 17.2. The molecule has 2 aliphatic rings. The maximum absolute atomic E-state index is 13.5. The van der Waals surface area contributed by atoms with Crippen LogP contribution in [0.5, 0.6) is 0 Å². The highest BCUT2D eigenvalue weighted by molar-refractivity contribution is 6.30. The smallest absolute Gasteiger partial charge is 0.227 e. The Morgan fingerprint density at radius 3 is 2.11 bits per heavy atom. The summed E-state index contributed by atoms with van der Waals surface area (Å²) in [5.74, 6) is 0.421. The molecular weight excluding hydrogens is 454 g/mol. The van der Waals surface area contributed by atoms with E-state index in [4.69, 9.17) is 11.6 Å². The van der Waals surface area contributed by atoms with E-state index in [-0.39, 0.29) is 12.0 Å². The molecule has 0 N–H and O–H groups in total. The Bertz CT molecular complexity index is 1060. The number of piperazine rings is 1. The topological polar surface area (TPSA) is 26.8 Å². The molecule has 35 heavy (non-hydrogen) atoms. The fourth-order valence-electron chi connectivity index (χ4n) is 5.64. The molecule has 5 heteroatoms. The van der Waals surface area contributed by atoms with Crippen molar-refractivity contribution < 1.29 is 4.79 Å². The van der Waals surface area contributed by atoms with Gasteiger partial charge in [0.2, 0.25) is 5.91 Å². The first kappa shape index (κ1) is 24.1. The maximum atomic E-state index is 13.5. The summed E-state index contributed by atoms with van der Waals surface area (Å²) in [5, 5.41) is 0.773. The van der Waals surface area contributed by atoms with Crippen molar-refractivity contribution in [1.82, 2.24) is 14.7 Å². The average Bonchev–Trinajstić information content (AvgIpc) is 2.90. The Kier molecular flexibility index (Phi) is 7.82. The molecule has 0 saturated carbocycles. The normalized spacial score (nSPS) is 19.7. The SMILES string of the molecule is O=C(C1CCCN(Cc2cccc(Cl)c2)C1)N1CCN(C(c2ccccc2)c2ccccc2)CC1. The lowest BCUT2D eigenvalue weighted by Crippen LogP contribution is -2.53. The van der Waals surface area contributed by atoms with Gasteiger partial charge >= 0.3 is 0 Å². The molecule has 1 atom stereocenters. The summed E-state index contributed by atoms with van der Waals surface area (Å²) in [6.45, 7) is 6.09. The summed E-state index contributed by atoms with van der Waals surface area (Å²) in [6.07, 6.45) is 2.06. The minimum absolute atomic E-state index is 0.0912. The minimum atomic E-state index is 0.0912. The van der Waals surface area contributed by atoms with Crippen molar-refractivity contribution in [2.45, 2.75) is 25.4 Å². The number of nitrogens with zero attached hydrogens (tertiary/aromatic N) is 3. The van der Waals surface area contributed by atoms with E-state index in [2.05, 4.69) is 81.4 Å². The minimum Gasteiger partial charge on any atom is -0.340 e. The zero-order valence-corrected chi connectivity index (χ0v) is 21.0. The van der Waals surface area contributed by atoms with Gasteiger partial charge in [0.25, 0.3) is 0 Å². The van der Waals surface area contributed by atoms with Crippen LogP contribution in [0, 0.1) is 5.92 Å². The van der Waals surface area contributed by atoms with Gasteiger partial charge < -0.3 is 4.90 Å². The molecular formula is C30H34ClN3O. The molecule has 3 aromatic rings. The van der Waals surface area contributed by atoms with E-state index in [1.54, 1.807) is 0 Å². The van der Waals surface area contributed by atoms with E-state index in [1.807, 2.05) is 18.2 Å². The quantitative estimate of drug-likeness (QED) is 0.460. The van der Waals surface area contributed by atoms with Gasteiger partial charge in [-0.3, -0.25) is 14.6 Å². The van der Waals surface area contributed by atoms with Gasteiger partial charge in [0.05, 0.1) is 12.0 Å². The van der Waals surface area contributed by atoms with Crippen LogP contribution in [-0.2, 0) is 11.3 Å². The number of carbonyl (C=O) groups is 1. The van der Waals surface area contributed by atoms with E-state index in [1.165, 1.54) is 16.7 Å². The number of benzene rings is 3. The Morgan fingerprint density at radius 1 is 0.829 bits per heavy atom. The number of amides is 1. The van der Waals surface area contributed by atoms with Crippen molar-refractivity contribution in [1.29, 1.82) is 0 Å². The van der Waals surface area contributed by atoms with Gasteiger partial charge in [-0.1, -0.05) is 84.4 Å². The third kappa shape index (κ3) is 5.95. The molecule has 0 aromatic heterocycles. The van der Waals surface area contributed by atoms with Crippen molar-refractivity contribution in [3.05, 3.63) is 107 Å². The van der Waals surface area contributed by atoms with Gasteiger partial charge in [-0.15, -0.1) is 0 Å². The largest absolute Gasteiger partial charge is 0.340 e. The molecule has 0 radical (unpaired) electrons. The molecule has 0 aliphatic carbocycles. The molecule has 3 aromatic carbocycles. The van der Waals surface area contributed by atoms with E-state index in [0.717, 1.165) is 63.7 Å². The van der Waals surface area contributed by atoms with Gasteiger partial charge in [-0.05, 0) is 48.2 Å². The highest BCUT2D eigenvalue weighted by Gasteiger charge is 2.33. The van der Waals surface area contributed by atoms with Crippen molar-refractivity contribution in [3.8, 4) is 0 Å². The number of hydrogen-bond donors (Lipinski definition) is 0. The Balaban J connectivity index is 1.21. The average molecular weight is 488 g/mol. The van der Waals surface area contributed by atoms with Crippen LogP contribution >= 0.6 is 11.6 Å². The highest BCUT2D eigenvalue weighted by atomic mass is 35.5. The Morgan fingerprint density at radius 2 is 1.49 bits per heavy atom. The second-order valence-corrected chi connectivity index (χ2v) is 10.2. The number of carbonyl (C=O) groups excluding carboxylic acids is 1. The van der Waals surface area contributed by atoms with Crippen molar-refractivity contribution in [3.63, 3.8) is 0 Å².